The van der Waals surface area contributed by atoms with E-state index in [-0.39, 0.29) is 11.7 Å². The molecular weight excluding hydrogens is 411 g/mol. The molecule has 1 amide bonds. The number of halogens is 1. The van der Waals surface area contributed by atoms with Crippen LogP contribution >= 0.6 is 0 Å². The Hall–Kier alpha value is -3.39. The van der Waals surface area contributed by atoms with E-state index in [4.69, 9.17) is 9.47 Å². The lowest BCUT2D eigenvalue weighted by atomic mass is 10.1. The molecule has 1 aromatic heterocycles. The van der Waals surface area contributed by atoms with E-state index in [9.17, 15) is 9.18 Å². The van der Waals surface area contributed by atoms with Gasteiger partial charge in [0, 0.05) is 38.3 Å². The van der Waals surface area contributed by atoms with E-state index >= 15 is 0 Å². The van der Waals surface area contributed by atoms with Gasteiger partial charge in [0.15, 0.2) is 0 Å². The molecule has 0 aliphatic carbocycles. The molecule has 0 bridgehead atoms. The van der Waals surface area contributed by atoms with Crippen LogP contribution in [-0.4, -0.2) is 65.9 Å². The van der Waals surface area contributed by atoms with E-state index in [1.54, 1.807) is 39.3 Å². The predicted octanol–water partition coefficient (Wildman–Crippen LogP) is 3.30. The van der Waals surface area contributed by atoms with Crippen LogP contribution < -0.4 is 9.47 Å². The van der Waals surface area contributed by atoms with Gasteiger partial charge in [-0.2, -0.15) is 5.10 Å². The third-order valence-electron chi connectivity index (χ3n) is 5.86. The summed E-state index contributed by atoms with van der Waals surface area (Å²) in [6.07, 6.45) is 1.53. The average molecular weight is 439 g/mol. The van der Waals surface area contributed by atoms with Gasteiger partial charge in [-0.05, 0) is 37.3 Å². The van der Waals surface area contributed by atoms with Crippen molar-refractivity contribution >= 4 is 5.91 Å². The monoisotopic (exact) mass is 438 g/mol. The van der Waals surface area contributed by atoms with Gasteiger partial charge in [-0.15, -0.1) is 0 Å². The lowest BCUT2D eigenvalue weighted by Crippen LogP contribution is -2.48. The van der Waals surface area contributed by atoms with Gasteiger partial charge in [-0.1, -0.05) is 12.1 Å². The molecule has 1 saturated heterocycles. The molecule has 1 aliphatic heterocycles. The van der Waals surface area contributed by atoms with Crippen LogP contribution in [0.15, 0.2) is 48.7 Å². The van der Waals surface area contributed by atoms with E-state index in [1.807, 2.05) is 23.1 Å². The topological polar surface area (TPSA) is 59.8 Å². The van der Waals surface area contributed by atoms with Gasteiger partial charge in [-0.3, -0.25) is 9.69 Å². The number of aromatic nitrogens is 2. The Balaban J connectivity index is 1.42. The second-order valence-electron chi connectivity index (χ2n) is 7.75. The van der Waals surface area contributed by atoms with E-state index in [0.29, 0.717) is 36.6 Å². The number of piperazine rings is 1. The molecule has 2 aromatic carbocycles. The molecule has 0 atom stereocenters. The number of rotatable bonds is 6. The summed E-state index contributed by atoms with van der Waals surface area (Å²) in [5, 5.41) is 4.26. The summed E-state index contributed by atoms with van der Waals surface area (Å²) in [6, 6.07) is 12.2. The fraction of sp³-hybridized carbons (Fsp3) is 0.333. The molecule has 0 saturated carbocycles. The number of hydrogen-bond donors (Lipinski definition) is 0. The van der Waals surface area contributed by atoms with Crippen LogP contribution in [0.1, 0.15) is 21.6 Å². The fourth-order valence-corrected chi connectivity index (χ4v) is 4.01. The standard InChI is InChI=1S/C24H27FN4O3/c1-17-20(15-26-29(17)22-7-5-4-6-21(22)25)24(30)28-12-10-27(11-13-28)16-18-14-19(31-2)8-9-23(18)32-3/h4-9,14-15H,10-13,16H2,1-3H3. The van der Waals surface area contributed by atoms with Crippen LogP contribution in [0.4, 0.5) is 4.39 Å². The first kappa shape index (κ1) is 21.8. The molecule has 2 heterocycles. The average Bonchev–Trinajstić information content (AvgIpc) is 3.20. The van der Waals surface area contributed by atoms with Crippen molar-refractivity contribution in [2.45, 2.75) is 13.5 Å². The highest BCUT2D eigenvalue weighted by molar-refractivity contribution is 5.95. The molecule has 0 unspecified atom stereocenters. The van der Waals surface area contributed by atoms with E-state index in [0.717, 1.165) is 30.2 Å². The first-order chi connectivity index (χ1) is 15.5. The minimum Gasteiger partial charge on any atom is -0.497 e. The normalized spacial score (nSPS) is 14.4. The first-order valence-corrected chi connectivity index (χ1v) is 10.5. The highest BCUT2D eigenvalue weighted by Gasteiger charge is 2.26. The van der Waals surface area contributed by atoms with Crippen molar-refractivity contribution < 1.29 is 18.7 Å². The molecule has 0 radical (unpaired) electrons. The molecule has 32 heavy (non-hydrogen) atoms. The minimum atomic E-state index is -0.376. The summed E-state index contributed by atoms with van der Waals surface area (Å²) >= 11 is 0. The maximum Gasteiger partial charge on any atom is 0.257 e. The summed E-state index contributed by atoms with van der Waals surface area (Å²) in [5.74, 6) is 1.15. The number of carbonyl (C=O) groups is 1. The summed E-state index contributed by atoms with van der Waals surface area (Å²) in [6.45, 7) is 5.20. The summed E-state index contributed by atoms with van der Waals surface area (Å²) in [5.41, 5.74) is 2.51. The van der Waals surface area contributed by atoms with Crippen molar-refractivity contribution in [1.82, 2.24) is 19.6 Å². The van der Waals surface area contributed by atoms with E-state index in [1.165, 1.54) is 16.9 Å². The number of hydrogen-bond acceptors (Lipinski definition) is 5. The molecule has 0 N–H and O–H groups in total. The Labute approximate surface area is 187 Å². The Bertz CT molecular complexity index is 1110. The molecule has 3 aromatic rings. The number of para-hydroxylation sites is 1. The first-order valence-electron chi connectivity index (χ1n) is 10.5. The second-order valence-corrected chi connectivity index (χ2v) is 7.75. The maximum atomic E-state index is 14.2. The molecular formula is C24H27FN4O3. The zero-order valence-corrected chi connectivity index (χ0v) is 18.5. The molecule has 8 heteroatoms. The van der Waals surface area contributed by atoms with Crippen molar-refractivity contribution in [3.63, 3.8) is 0 Å². The van der Waals surface area contributed by atoms with Crippen LogP contribution in [0, 0.1) is 12.7 Å². The molecule has 168 valence electrons. The van der Waals surface area contributed by atoms with Gasteiger partial charge < -0.3 is 14.4 Å². The van der Waals surface area contributed by atoms with Crippen molar-refractivity contribution in [3.8, 4) is 17.2 Å². The van der Waals surface area contributed by atoms with Crippen LogP contribution in [0.5, 0.6) is 11.5 Å². The molecule has 0 spiro atoms. The Morgan fingerprint density at radius 2 is 1.81 bits per heavy atom. The highest BCUT2D eigenvalue weighted by Crippen LogP contribution is 2.26. The van der Waals surface area contributed by atoms with Gasteiger partial charge in [0.25, 0.3) is 5.91 Å². The quantitative estimate of drug-likeness (QED) is 0.591. The smallest absolute Gasteiger partial charge is 0.257 e. The third kappa shape index (κ3) is 4.31. The van der Waals surface area contributed by atoms with Crippen molar-refractivity contribution in [2.24, 2.45) is 0 Å². The molecule has 4 rings (SSSR count). The zero-order chi connectivity index (χ0) is 22.7. The predicted molar refractivity (Wildman–Crippen MR) is 119 cm³/mol. The van der Waals surface area contributed by atoms with Crippen molar-refractivity contribution in [1.29, 1.82) is 0 Å². The van der Waals surface area contributed by atoms with Crippen LogP contribution in [0.25, 0.3) is 5.69 Å². The fourth-order valence-electron chi connectivity index (χ4n) is 4.01. The lowest BCUT2D eigenvalue weighted by molar-refractivity contribution is 0.0626. The SMILES string of the molecule is COc1ccc(OC)c(CN2CCN(C(=O)c3cnn(-c4ccccc4F)c3C)CC2)c1. The Morgan fingerprint density at radius 3 is 2.50 bits per heavy atom. The molecule has 1 fully saturated rings. The summed E-state index contributed by atoms with van der Waals surface area (Å²) < 4.78 is 26.5. The van der Waals surface area contributed by atoms with Crippen LogP contribution in [0.3, 0.4) is 0 Å². The van der Waals surface area contributed by atoms with Crippen LogP contribution in [-0.2, 0) is 6.54 Å². The number of nitrogens with zero attached hydrogens (tertiary/aromatic N) is 4. The Kier molecular flexibility index (Phi) is 6.41. The van der Waals surface area contributed by atoms with E-state index in [2.05, 4.69) is 10.00 Å². The number of benzene rings is 2. The zero-order valence-electron chi connectivity index (χ0n) is 18.5. The lowest BCUT2D eigenvalue weighted by Gasteiger charge is -2.35. The summed E-state index contributed by atoms with van der Waals surface area (Å²) in [4.78, 5) is 17.2. The largest absolute Gasteiger partial charge is 0.497 e. The summed E-state index contributed by atoms with van der Waals surface area (Å²) in [7, 11) is 3.30. The Morgan fingerprint density at radius 1 is 1.06 bits per heavy atom. The van der Waals surface area contributed by atoms with Crippen LogP contribution in [0.2, 0.25) is 0 Å². The van der Waals surface area contributed by atoms with Crippen molar-refractivity contribution in [3.05, 3.63) is 71.3 Å². The van der Waals surface area contributed by atoms with Gasteiger partial charge in [0.05, 0.1) is 31.7 Å². The number of ether oxygens (including phenoxy) is 2. The number of carbonyl (C=O) groups excluding carboxylic acids is 1. The number of amides is 1. The highest BCUT2D eigenvalue weighted by atomic mass is 19.1. The van der Waals surface area contributed by atoms with Gasteiger partial charge >= 0.3 is 0 Å². The van der Waals surface area contributed by atoms with Gasteiger partial charge in [0.1, 0.15) is 23.0 Å². The van der Waals surface area contributed by atoms with Gasteiger partial charge in [0.2, 0.25) is 0 Å². The third-order valence-corrected chi connectivity index (χ3v) is 5.86. The van der Waals surface area contributed by atoms with Gasteiger partial charge in [-0.25, -0.2) is 9.07 Å². The maximum absolute atomic E-state index is 14.2. The second kappa shape index (κ2) is 9.40. The minimum absolute atomic E-state index is 0.0799. The molecule has 7 nitrogen and oxygen atoms in total. The van der Waals surface area contributed by atoms with E-state index < -0.39 is 0 Å². The number of methoxy groups -OCH3 is 2. The molecule has 1 aliphatic rings. The van der Waals surface area contributed by atoms with Crippen molar-refractivity contribution in [2.75, 3.05) is 40.4 Å².